The molecule has 23 heavy (non-hydrogen) atoms. The first kappa shape index (κ1) is 17.2. The lowest BCUT2D eigenvalue weighted by Gasteiger charge is -2.35. The molecule has 0 amide bonds. The highest BCUT2D eigenvalue weighted by molar-refractivity contribution is 9.10. The topological polar surface area (TPSA) is 41.7 Å². The van der Waals surface area contributed by atoms with Crippen molar-refractivity contribution in [2.75, 3.05) is 50.8 Å². The molecule has 2 fully saturated rings. The quantitative estimate of drug-likeness (QED) is 0.851. The van der Waals surface area contributed by atoms with Crippen LogP contribution < -0.4 is 10.6 Å². The fourth-order valence-electron chi connectivity index (χ4n) is 3.78. The molecule has 0 aromatic heterocycles. The molecule has 2 saturated heterocycles. The van der Waals surface area contributed by atoms with E-state index in [9.17, 15) is 0 Å². The second-order valence-electron chi connectivity index (χ2n) is 6.69. The lowest BCUT2D eigenvalue weighted by Crippen LogP contribution is -2.38. The fraction of sp³-hybridized carbons (Fsp3) is 0.667. The van der Waals surface area contributed by atoms with Gasteiger partial charge in [0.15, 0.2) is 0 Å². The van der Waals surface area contributed by atoms with Gasteiger partial charge in [0, 0.05) is 36.3 Å². The average Bonchev–Trinajstić information content (AvgIpc) is 2.58. The summed E-state index contributed by atoms with van der Waals surface area (Å²) in [7, 11) is 0. The zero-order valence-electron chi connectivity index (χ0n) is 13.8. The molecule has 0 radical (unpaired) electrons. The van der Waals surface area contributed by atoms with E-state index < -0.39 is 0 Å². The van der Waals surface area contributed by atoms with Gasteiger partial charge in [-0.15, -0.1) is 0 Å². The van der Waals surface area contributed by atoms with Gasteiger partial charge in [-0.05, 0) is 56.0 Å². The molecule has 0 bridgehead atoms. The van der Waals surface area contributed by atoms with Crippen molar-refractivity contribution in [1.82, 2.24) is 4.90 Å². The zero-order valence-corrected chi connectivity index (χ0v) is 15.4. The largest absolute Gasteiger partial charge is 0.378 e. The minimum Gasteiger partial charge on any atom is -0.378 e. The number of rotatable bonds is 5. The third-order valence-corrected chi connectivity index (χ3v) is 5.46. The van der Waals surface area contributed by atoms with Gasteiger partial charge in [-0.2, -0.15) is 0 Å². The number of hydrogen-bond donors (Lipinski definition) is 1. The predicted octanol–water partition coefficient (Wildman–Crippen LogP) is 2.85. The Morgan fingerprint density at radius 2 is 2.04 bits per heavy atom. The standard InChI is InChI=1S/C18H28BrN3O/c19-17-4-3-16(18(12-17)22-8-10-23-11-9-22)14-21-7-1-2-15(13-21)5-6-20/h3-4,12,15H,1-2,5-11,13-14,20H2. The highest BCUT2D eigenvalue weighted by atomic mass is 79.9. The van der Waals surface area contributed by atoms with Crippen LogP contribution in [0.2, 0.25) is 0 Å². The van der Waals surface area contributed by atoms with Crippen LogP contribution in [-0.4, -0.2) is 50.8 Å². The number of nitrogens with two attached hydrogens (primary N) is 1. The van der Waals surface area contributed by atoms with Crippen molar-refractivity contribution in [2.45, 2.75) is 25.8 Å². The summed E-state index contributed by atoms with van der Waals surface area (Å²) in [6, 6.07) is 6.71. The van der Waals surface area contributed by atoms with Crippen LogP contribution in [-0.2, 0) is 11.3 Å². The Hall–Kier alpha value is -0.620. The summed E-state index contributed by atoms with van der Waals surface area (Å²) < 4.78 is 6.66. The molecule has 0 aliphatic carbocycles. The van der Waals surface area contributed by atoms with Gasteiger partial charge in [0.25, 0.3) is 0 Å². The maximum atomic E-state index is 5.75. The first-order valence-electron chi connectivity index (χ1n) is 8.80. The summed E-state index contributed by atoms with van der Waals surface area (Å²) in [5, 5.41) is 0. The van der Waals surface area contributed by atoms with Crippen LogP contribution in [0.5, 0.6) is 0 Å². The third kappa shape index (κ3) is 4.69. The molecule has 0 spiro atoms. The minimum atomic E-state index is 0.774. The smallest absolute Gasteiger partial charge is 0.0642 e. The second kappa shape index (κ2) is 8.47. The molecule has 5 heteroatoms. The van der Waals surface area contributed by atoms with E-state index in [1.54, 1.807) is 0 Å². The first-order chi connectivity index (χ1) is 11.3. The molecule has 2 N–H and O–H groups in total. The van der Waals surface area contributed by atoms with E-state index in [1.165, 1.54) is 37.2 Å². The van der Waals surface area contributed by atoms with Crippen LogP contribution in [0.25, 0.3) is 0 Å². The third-order valence-electron chi connectivity index (χ3n) is 4.97. The van der Waals surface area contributed by atoms with Crippen LogP contribution in [0.3, 0.4) is 0 Å². The molecule has 1 aromatic rings. The number of benzene rings is 1. The van der Waals surface area contributed by atoms with Crippen molar-refractivity contribution in [2.24, 2.45) is 11.7 Å². The van der Waals surface area contributed by atoms with E-state index in [4.69, 9.17) is 10.5 Å². The van der Waals surface area contributed by atoms with E-state index in [1.807, 2.05) is 0 Å². The minimum absolute atomic E-state index is 0.774. The number of ether oxygens (including phenoxy) is 1. The fourth-order valence-corrected chi connectivity index (χ4v) is 4.13. The predicted molar refractivity (Wildman–Crippen MR) is 98.8 cm³/mol. The average molecular weight is 382 g/mol. The number of nitrogens with zero attached hydrogens (tertiary/aromatic N) is 2. The summed E-state index contributed by atoms with van der Waals surface area (Å²) in [4.78, 5) is 5.07. The monoisotopic (exact) mass is 381 g/mol. The van der Waals surface area contributed by atoms with E-state index in [2.05, 4.69) is 43.9 Å². The van der Waals surface area contributed by atoms with Crippen molar-refractivity contribution >= 4 is 21.6 Å². The number of halogens is 1. The van der Waals surface area contributed by atoms with Crippen molar-refractivity contribution in [3.8, 4) is 0 Å². The first-order valence-corrected chi connectivity index (χ1v) is 9.59. The highest BCUT2D eigenvalue weighted by Crippen LogP contribution is 2.29. The second-order valence-corrected chi connectivity index (χ2v) is 7.61. The van der Waals surface area contributed by atoms with Crippen molar-refractivity contribution in [1.29, 1.82) is 0 Å². The Kier molecular flexibility index (Phi) is 6.34. The van der Waals surface area contributed by atoms with Crippen LogP contribution in [0.1, 0.15) is 24.8 Å². The number of piperidine rings is 1. The number of morpholine rings is 1. The Morgan fingerprint density at radius 1 is 1.22 bits per heavy atom. The maximum absolute atomic E-state index is 5.75. The van der Waals surface area contributed by atoms with Gasteiger partial charge in [-0.3, -0.25) is 4.90 Å². The lowest BCUT2D eigenvalue weighted by atomic mass is 9.94. The van der Waals surface area contributed by atoms with Gasteiger partial charge in [0.05, 0.1) is 13.2 Å². The Bertz CT molecular complexity index is 503. The molecular weight excluding hydrogens is 354 g/mol. The molecule has 1 aromatic carbocycles. The molecule has 0 saturated carbocycles. The van der Waals surface area contributed by atoms with Crippen molar-refractivity contribution in [3.05, 3.63) is 28.2 Å². The van der Waals surface area contributed by atoms with Gasteiger partial charge in [-0.1, -0.05) is 22.0 Å². The summed E-state index contributed by atoms with van der Waals surface area (Å²) in [6.07, 6.45) is 3.80. The Morgan fingerprint density at radius 3 is 2.83 bits per heavy atom. The van der Waals surface area contributed by atoms with Crippen LogP contribution in [0.4, 0.5) is 5.69 Å². The van der Waals surface area contributed by atoms with E-state index in [0.717, 1.165) is 56.2 Å². The van der Waals surface area contributed by atoms with Crippen LogP contribution in [0, 0.1) is 5.92 Å². The summed E-state index contributed by atoms with van der Waals surface area (Å²) in [6.45, 7) is 7.88. The van der Waals surface area contributed by atoms with Gasteiger partial charge in [0.1, 0.15) is 0 Å². The summed E-state index contributed by atoms with van der Waals surface area (Å²) in [5.41, 5.74) is 8.55. The van der Waals surface area contributed by atoms with Gasteiger partial charge < -0.3 is 15.4 Å². The maximum Gasteiger partial charge on any atom is 0.0642 e. The highest BCUT2D eigenvalue weighted by Gasteiger charge is 2.21. The number of anilines is 1. The molecule has 2 heterocycles. The van der Waals surface area contributed by atoms with E-state index >= 15 is 0 Å². The molecule has 2 aliphatic heterocycles. The zero-order chi connectivity index (χ0) is 16.1. The van der Waals surface area contributed by atoms with Crippen LogP contribution >= 0.6 is 15.9 Å². The van der Waals surface area contributed by atoms with Crippen molar-refractivity contribution in [3.63, 3.8) is 0 Å². The van der Waals surface area contributed by atoms with Gasteiger partial charge in [-0.25, -0.2) is 0 Å². The van der Waals surface area contributed by atoms with E-state index in [0.29, 0.717) is 0 Å². The summed E-state index contributed by atoms with van der Waals surface area (Å²) >= 11 is 3.63. The molecule has 1 unspecified atom stereocenters. The lowest BCUT2D eigenvalue weighted by molar-refractivity contribution is 0.122. The number of likely N-dealkylation sites (tertiary alicyclic amines) is 1. The molecule has 2 aliphatic rings. The Balaban J connectivity index is 1.71. The van der Waals surface area contributed by atoms with Gasteiger partial charge >= 0.3 is 0 Å². The van der Waals surface area contributed by atoms with Gasteiger partial charge in [0.2, 0.25) is 0 Å². The molecule has 1 atom stereocenters. The Labute approximate surface area is 148 Å². The molecule has 3 rings (SSSR count). The SMILES string of the molecule is NCCC1CCCN(Cc2ccc(Br)cc2N2CCOCC2)C1. The van der Waals surface area contributed by atoms with Crippen LogP contribution in [0.15, 0.2) is 22.7 Å². The number of hydrogen-bond acceptors (Lipinski definition) is 4. The molecule has 4 nitrogen and oxygen atoms in total. The molecular formula is C18H28BrN3O. The molecule has 128 valence electrons. The summed E-state index contributed by atoms with van der Waals surface area (Å²) in [5.74, 6) is 0.774. The van der Waals surface area contributed by atoms with E-state index in [-0.39, 0.29) is 0 Å². The van der Waals surface area contributed by atoms with Crippen molar-refractivity contribution < 1.29 is 4.74 Å². The normalized spacial score (nSPS) is 23.2.